The lowest BCUT2D eigenvalue weighted by molar-refractivity contribution is -0.140. The Labute approximate surface area is 217 Å². The van der Waals surface area contributed by atoms with Crippen LogP contribution in [0.3, 0.4) is 0 Å². The number of thioether (sulfide) groups is 1. The lowest BCUT2D eigenvalue weighted by atomic mass is 10.0. The zero-order chi connectivity index (χ0) is 26.2. The topological polar surface area (TPSA) is 99.1 Å². The quantitative estimate of drug-likeness (QED) is 0.317. The number of benzene rings is 3. The first kappa shape index (κ1) is 28.9. The van der Waals surface area contributed by atoms with Gasteiger partial charge in [0, 0.05) is 30.2 Å². The van der Waals surface area contributed by atoms with Crippen molar-refractivity contribution in [2.75, 3.05) is 46.2 Å². The van der Waals surface area contributed by atoms with E-state index in [1.807, 2.05) is 85.4 Å². The molecule has 0 aromatic heterocycles. The smallest absolute Gasteiger partial charge is 0.329 e. The van der Waals surface area contributed by atoms with Gasteiger partial charge in [0.05, 0.1) is 6.61 Å². The second-order valence-electron chi connectivity index (χ2n) is 8.10. The molecule has 3 N–H and O–H groups in total. The molecule has 8 heteroatoms. The molecule has 0 atom stereocenters. The molecule has 3 aromatic rings. The second-order valence-corrected chi connectivity index (χ2v) is 9.20. The molecule has 36 heavy (non-hydrogen) atoms. The molecule has 3 rings (SSSR count). The van der Waals surface area contributed by atoms with Crippen LogP contribution in [0.25, 0.3) is 11.1 Å². The fourth-order valence-corrected chi connectivity index (χ4v) is 3.80. The van der Waals surface area contributed by atoms with Gasteiger partial charge in [-0.05, 0) is 55.1 Å². The van der Waals surface area contributed by atoms with Crippen molar-refractivity contribution >= 4 is 23.6 Å². The maximum absolute atomic E-state index is 12.2. The highest BCUT2D eigenvalue weighted by Crippen LogP contribution is 2.22. The Bertz CT molecular complexity index is 1040. The molecule has 0 heterocycles. The number of nitrogens with one attached hydrogen (secondary N) is 1. The summed E-state index contributed by atoms with van der Waals surface area (Å²) in [5.41, 5.74) is 4.25. The van der Waals surface area contributed by atoms with E-state index in [0.717, 1.165) is 34.9 Å². The highest BCUT2D eigenvalue weighted by molar-refractivity contribution is 7.98. The summed E-state index contributed by atoms with van der Waals surface area (Å²) in [6.45, 7) is 1.40. The van der Waals surface area contributed by atoms with Crippen molar-refractivity contribution in [1.29, 1.82) is 0 Å². The summed E-state index contributed by atoms with van der Waals surface area (Å²) < 4.78 is 5.73. The number of ether oxygens (including phenoxy) is 1. The van der Waals surface area contributed by atoms with E-state index in [-0.39, 0.29) is 5.91 Å². The summed E-state index contributed by atoms with van der Waals surface area (Å²) in [7, 11) is 3.98. The first-order valence-electron chi connectivity index (χ1n) is 11.6. The largest absolute Gasteiger partial charge is 0.493 e. The first-order valence-corrected chi connectivity index (χ1v) is 12.7. The van der Waals surface area contributed by atoms with Gasteiger partial charge in [-0.25, -0.2) is 4.79 Å². The highest BCUT2D eigenvalue weighted by Gasteiger charge is 2.06. The average Bonchev–Trinajstić information content (AvgIpc) is 2.89. The molecule has 3 aromatic carbocycles. The molecular formula is C28H34N2O5S. The van der Waals surface area contributed by atoms with Crippen molar-refractivity contribution in [3.8, 4) is 16.9 Å². The Morgan fingerprint density at radius 2 is 1.50 bits per heavy atom. The average molecular weight is 511 g/mol. The normalized spacial score (nSPS) is 10.3. The third kappa shape index (κ3) is 11.4. The third-order valence-electron chi connectivity index (χ3n) is 4.92. The second kappa shape index (κ2) is 16.4. The highest BCUT2D eigenvalue weighted by atomic mass is 32.2. The van der Waals surface area contributed by atoms with Crippen LogP contribution in [0, 0.1) is 0 Å². The van der Waals surface area contributed by atoms with Crippen LogP contribution in [0.5, 0.6) is 5.75 Å². The molecule has 1 amide bonds. The van der Waals surface area contributed by atoms with E-state index in [9.17, 15) is 4.79 Å². The van der Waals surface area contributed by atoms with Gasteiger partial charge in [-0.15, -0.1) is 0 Å². The molecule has 7 nitrogen and oxygen atoms in total. The number of aliphatic hydroxyl groups excluding tert-OH is 1. The predicted molar refractivity (Wildman–Crippen MR) is 146 cm³/mol. The molecule has 0 unspecified atom stereocenters. The Hall–Kier alpha value is -3.33. The summed E-state index contributed by atoms with van der Waals surface area (Å²) in [5.74, 6) is 1.62. The number of likely N-dealkylation sites (N-methyl/N-ethyl adjacent to an activating group) is 1. The van der Waals surface area contributed by atoms with E-state index in [4.69, 9.17) is 19.7 Å². The minimum atomic E-state index is -1.19. The number of carboxylic acid groups (broad SMARTS) is 1. The monoisotopic (exact) mass is 510 g/mol. The maximum atomic E-state index is 12.2. The SMILES string of the molecule is CN(C)CCNC(=O)c1ccc(-c2ccc(CSCCOc3ccccc3)cc2)cc1.O=C(O)CO. The lowest BCUT2D eigenvalue weighted by Crippen LogP contribution is -2.31. The fourth-order valence-electron chi connectivity index (χ4n) is 3.03. The number of para-hydroxylation sites is 1. The van der Waals surface area contributed by atoms with Gasteiger partial charge in [0.2, 0.25) is 0 Å². The van der Waals surface area contributed by atoms with Crippen molar-refractivity contribution in [2.24, 2.45) is 0 Å². The predicted octanol–water partition coefficient (Wildman–Crippen LogP) is 4.02. The van der Waals surface area contributed by atoms with Crippen molar-refractivity contribution < 1.29 is 24.5 Å². The Morgan fingerprint density at radius 3 is 2.06 bits per heavy atom. The Morgan fingerprint density at radius 1 is 0.917 bits per heavy atom. The van der Waals surface area contributed by atoms with Crippen LogP contribution >= 0.6 is 11.8 Å². The van der Waals surface area contributed by atoms with Crippen molar-refractivity contribution in [3.63, 3.8) is 0 Å². The standard InChI is InChI=1S/C26H30N2O2S.C2H4O3/c1-28(2)17-16-27-26(29)24-14-12-23(13-15-24)22-10-8-21(9-11-22)20-31-19-18-30-25-6-4-3-5-7-25;3-1-2(4)5/h3-15H,16-20H2,1-2H3,(H,27,29);3H,1H2,(H,4,5). The number of nitrogens with zero attached hydrogens (tertiary/aromatic N) is 1. The summed E-state index contributed by atoms with van der Waals surface area (Å²) >= 11 is 1.87. The molecule has 0 radical (unpaired) electrons. The van der Waals surface area contributed by atoms with Gasteiger partial charge in [-0.3, -0.25) is 4.79 Å². The summed E-state index contributed by atoms with van der Waals surface area (Å²) in [6, 6.07) is 26.3. The summed E-state index contributed by atoms with van der Waals surface area (Å²) in [5, 5.41) is 18.0. The van der Waals surface area contributed by atoms with Crippen LogP contribution in [0.15, 0.2) is 78.9 Å². The molecular weight excluding hydrogens is 476 g/mol. The van der Waals surface area contributed by atoms with Crippen molar-refractivity contribution in [1.82, 2.24) is 10.2 Å². The zero-order valence-corrected chi connectivity index (χ0v) is 21.5. The number of carbonyl (C=O) groups is 2. The molecule has 0 aliphatic rings. The summed E-state index contributed by atoms with van der Waals surface area (Å²) in [6.07, 6.45) is 0. The number of aliphatic carboxylic acids is 1. The van der Waals surface area contributed by atoms with Gasteiger partial charge in [0.1, 0.15) is 12.4 Å². The lowest BCUT2D eigenvalue weighted by Gasteiger charge is -2.11. The number of aliphatic hydroxyl groups is 1. The molecule has 0 saturated heterocycles. The number of amides is 1. The van der Waals surface area contributed by atoms with Gasteiger partial charge in [-0.1, -0.05) is 54.6 Å². The third-order valence-corrected chi connectivity index (χ3v) is 5.92. The van der Waals surface area contributed by atoms with E-state index in [0.29, 0.717) is 18.7 Å². The van der Waals surface area contributed by atoms with Gasteiger partial charge >= 0.3 is 5.97 Å². The maximum Gasteiger partial charge on any atom is 0.329 e. The van der Waals surface area contributed by atoms with E-state index < -0.39 is 12.6 Å². The van der Waals surface area contributed by atoms with Crippen LogP contribution in [0.2, 0.25) is 0 Å². The number of hydrogen-bond acceptors (Lipinski definition) is 6. The van der Waals surface area contributed by atoms with Crippen molar-refractivity contribution in [3.05, 3.63) is 90.0 Å². The molecule has 0 aliphatic carbocycles. The van der Waals surface area contributed by atoms with E-state index in [1.54, 1.807) is 0 Å². The van der Waals surface area contributed by atoms with Crippen LogP contribution in [0.1, 0.15) is 15.9 Å². The van der Waals surface area contributed by atoms with Crippen LogP contribution in [-0.2, 0) is 10.5 Å². The Balaban J connectivity index is 0.000000830. The van der Waals surface area contributed by atoms with Crippen LogP contribution < -0.4 is 10.1 Å². The van der Waals surface area contributed by atoms with Gasteiger partial charge < -0.3 is 25.2 Å². The number of carbonyl (C=O) groups excluding carboxylic acids is 1. The number of hydrogen-bond donors (Lipinski definition) is 3. The van der Waals surface area contributed by atoms with Crippen LogP contribution in [0.4, 0.5) is 0 Å². The number of carboxylic acids is 1. The number of rotatable bonds is 12. The molecule has 0 aliphatic heterocycles. The van der Waals surface area contributed by atoms with Gasteiger partial charge in [-0.2, -0.15) is 11.8 Å². The van der Waals surface area contributed by atoms with E-state index in [2.05, 4.69) is 29.6 Å². The molecule has 0 fully saturated rings. The molecule has 0 bridgehead atoms. The molecule has 192 valence electrons. The summed E-state index contributed by atoms with van der Waals surface area (Å²) in [4.78, 5) is 23.4. The van der Waals surface area contributed by atoms with Gasteiger partial charge in [0.15, 0.2) is 0 Å². The minimum Gasteiger partial charge on any atom is -0.493 e. The van der Waals surface area contributed by atoms with E-state index in [1.165, 1.54) is 5.56 Å². The zero-order valence-electron chi connectivity index (χ0n) is 20.7. The Kier molecular flexibility index (Phi) is 13.1. The van der Waals surface area contributed by atoms with Crippen LogP contribution in [-0.4, -0.2) is 73.1 Å². The molecule has 0 spiro atoms. The minimum absolute atomic E-state index is 0.0305. The van der Waals surface area contributed by atoms with E-state index >= 15 is 0 Å². The molecule has 0 saturated carbocycles. The first-order chi connectivity index (χ1) is 17.4. The fraction of sp³-hybridized carbons (Fsp3) is 0.286. The van der Waals surface area contributed by atoms with Gasteiger partial charge in [0.25, 0.3) is 5.91 Å². The van der Waals surface area contributed by atoms with Crippen molar-refractivity contribution in [2.45, 2.75) is 5.75 Å².